The molecule has 1 aromatic carbocycles. The van der Waals surface area contributed by atoms with Crippen LogP contribution < -0.4 is 10.5 Å². The molecule has 0 unspecified atom stereocenters. The summed E-state index contributed by atoms with van der Waals surface area (Å²) in [6, 6.07) is 6.06. The van der Waals surface area contributed by atoms with Gasteiger partial charge in [0.2, 0.25) is 5.91 Å². The summed E-state index contributed by atoms with van der Waals surface area (Å²) in [6.45, 7) is 8.59. The second-order valence-electron chi connectivity index (χ2n) is 5.11. The summed E-state index contributed by atoms with van der Waals surface area (Å²) in [4.78, 5) is 10.9. The summed E-state index contributed by atoms with van der Waals surface area (Å²) in [7, 11) is 0. The Morgan fingerprint density at radius 2 is 2.22 bits per heavy atom. The van der Waals surface area contributed by atoms with Gasteiger partial charge in [-0.1, -0.05) is 30.0 Å². The minimum atomic E-state index is -0.392. The lowest BCUT2D eigenvalue weighted by Crippen LogP contribution is -2.14. The van der Waals surface area contributed by atoms with Gasteiger partial charge in [0, 0.05) is 6.54 Å². The number of nitrogens with zero attached hydrogens (tertiary/aromatic N) is 3. The minimum Gasteiger partial charge on any atom is -0.485 e. The molecule has 0 aliphatic rings. The van der Waals surface area contributed by atoms with Gasteiger partial charge < -0.3 is 10.5 Å². The van der Waals surface area contributed by atoms with E-state index < -0.39 is 5.91 Å². The number of carbonyl (C=O) groups excluding carboxylic acids is 1. The number of aromatic nitrogens is 3. The van der Waals surface area contributed by atoms with E-state index in [0.29, 0.717) is 24.1 Å². The molecule has 1 amide bonds. The molecule has 0 radical (unpaired) electrons. The number of benzene rings is 1. The minimum absolute atomic E-state index is 0.160. The van der Waals surface area contributed by atoms with Gasteiger partial charge >= 0.3 is 0 Å². The number of nitrogens with two attached hydrogens (primary N) is 1. The van der Waals surface area contributed by atoms with E-state index in [2.05, 4.69) is 16.8 Å². The molecule has 0 spiro atoms. The zero-order valence-corrected chi connectivity index (χ0v) is 14.1. The average molecular weight is 332 g/mol. The third kappa shape index (κ3) is 4.59. The van der Waals surface area contributed by atoms with Crippen LogP contribution in [0.3, 0.4) is 0 Å². The molecule has 0 atom stereocenters. The van der Waals surface area contributed by atoms with Crippen LogP contribution in [0, 0.1) is 13.8 Å². The second kappa shape index (κ2) is 7.82. The fourth-order valence-electron chi connectivity index (χ4n) is 1.99. The first kappa shape index (κ1) is 17.1. The molecular formula is C16H20N4O2S. The number of rotatable bonds is 8. The molecule has 1 heterocycles. The van der Waals surface area contributed by atoms with Gasteiger partial charge in [-0.05, 0) is 31.0 Å². The van der Waals surface area contributed by atoms with Crippen LogP contribution in [0.4, 0.5) is 0 Å². The molecule has 0 aliphatic carbocycles. The van der Waals surface area contributed by atoms with Gasteiger partial charge in [0.25, 0.3) is 0 Å². The Balaban J connectivity index is 2.14. The van der Waals surface area contributed by atoms with E-state index in [0.717, 1.165) is 16.9 Å². The van der Waals surface area contributed by atoms with Crippen LogP contribution in [0.1, 0.15) is 17.0 Å². The third-order valence-corrected chi connectivity index (χ3v) is 4.14. The van der Waals surface area contributed by atoms with Gasteiger partial charge in [-0.25, -0.2) is 0 Å². The summed E-state index contributed by atoms with van der Waals surface area (Å²) >= 11 is 1.25. The lowest BCUT2D eigenvalue weighted by atomic mass is 10.1. The van der Waals surface area contributed by atoms with Crippen LogP contribution in [0.5, 0.6) is 5.75 Å². The van der Waals surface area contributed by atoms with Crippen molar-refractivity contribution in [2.24, 2.45) is 5.73 Å². The molecule has 23 heavy (non-hydrogen) atoms. The van der Waals surface area contributed by atoms with Crippen molar-refractivity contribution in [3.8, 4) is 5.75 Å². The quantitative estimate of drug-likeness (QED) is 0.592. The van der Waals surface area contributed by atoms with E-state index in [1.54, 1.807) is 6.08 Å². The van der Waals surface area contributed by atoms with Gasteiger partial charge in [-0.2, -0.15) is 0 Å². The van der Waals surface area contributed by atoms with E-state index in [4.69, 9.17) is 10.5 Å². The average Bonchev–Trinajstić information content (AvgIpc) is 2.89. The van der Waals surface area contributed by atoms with Crippen LogP contribution >= 0.6 is 11.8 Å². The van der Waals surface area contributed by atoms with Crippen molar-refractivity contribution in [3.63, 3.8) is 0 Å². The highest BCUT2D eigenvalue weighted by Crippen LogP contribution is 2.22. The van der Waals surface area contributed by atoms with E-state index in [-0.39, 0.29) is 5.75 Å². The van der Waals surface area contributed by atoms with Crippen LogP contribution in [-0.2, 0) is 17.9 Å². The Morgan fingerprint density at radius 1 is 1.43 bits per heavy atom. The van der Waals surface area contributed by atoms with Crippen molar-refractivity contribution in [2.75, 3.05) is 5.75 Å². The summed E-state index contributed by atoms with van der Waals surface area (Å²) in [5, 5.41) is 8.87. The topological polar surface area (TPSA) is 83.0 Å². The standard InChI is InChI=1S/C16H20N4O2S/c1-4-7-20-15(18-19-16(20)23-10-14(17)21)9-22-13-8-11(2)5-6-12(13)3/h4-6,8H,1,7,9-10H2,2-3H3,(H2,17,21). The van der Waals surface area contributed by atoms with E-state index >= 15 is 0 Å². The van der Waals surface area contributed by atoms with Crippen LogP contribution in [-0.4, -0.2) is 26.4 Å². The number of primary amides is 1. The molecule has 0 saturated carbocycles. The predicted molar refractivity (Wildman–Crippen MR) is 90.4 cm³/mol. The molecule has 0 bridgehead atoms. The van der Waals surface area contributed by atoms with Gasteiger partial charge in [-0.15, -0.1) is 16.8 Å². The van der Waals surface area contributed by atoms with Crippen LogP contribution in [0.2, 0.25) is 0 Å². The number of aryl methyl sites for hydroxylation is 2. The van der Waals surface area contributed by atoms with Gasteiger partial charge in [0.05, 0.1) is 5.75 Å². The predicted octanol–water partition coefficient (Wildman–Crippen LogP) is 2.24. The summed E-state index contributed by atoms with van der Waals surface area (Å²) in [5.41, 5.74) is 7.37. The first-order valence-electron chi connectivity index (χ1n) is 7.15. The highest BCUT2D eigenvalue weighted by Gasteiger charge is 2.13. The maximum atomic E-state index is 10.9. The zero-order valence-electron chi connectivity index (χ0n) is 13.3. The molecule has 0 fully saturated rings. The number of thioether (sulfide) groups is 1. The van der Waals surface area contributed by atoms with Crippen LogP contribution in [0.15, 0.2) is 36.0 Å². The number of carbonyl (C=O) groups is 1. The lowest BCUT2D eigenvalue weighted by Gasteiger charge is -2.11. The first-order chi connectivity index (χ1) is 11.0. The Labute approximate surface area is 139 Å². The van der Waals surface area contributed by atoms with Crippen molar-refractivity contribution in [2.45, 2.75) is 32.2 Å². The normalized spacial score (nSPS) is 10.5. The zero-order chi connectivity index (χ0) is 16.8. The monoisotopic (exact) mass is 332 g/mol. The van der Waals surface area contributed by atoms with Crippen molar-refractivity contribution >= 4 is 17.7 Å². The number of amides is 1. The maximum absolute atomic E-state index is 10.9. The number of ether oxygens (including phenoxy) is 1. The summed E-state index contributed by atoms with van der Waals surface area (Å²) in [6.07, 6.45) is 1.75. The van der Waals surface area contributed by atoms with E-state index in [1.165, 1.54) is 11.8 Å². The largest absolute Gasteiger partial charge is 0.485 e. The number of hydrogen-bond acceptors (Lipinski definition) is 5. The lowest BCUT2D eigenvalue weighted by molar-refractivity contribution is -0.115. The molecule has 2 rings (SSSR count). The Morgan fingerprint density at radius 3 is 2.91 bits per heavy atom. The fourth-order valence-corrected chi connectivity index (χ4v) is 2.69. The third-order valence-electron chi connectivity index (χ3n) is 3.15. The highest BCUT2D eigenvalue weighted by atomic mass is 32.2. The number of hydrogen-bond donors (Lipinski definition) is 1. The molecule has 7 heteroatoms. The molecule has 6 nitrogen and oxygen atoms in total. The SMILES string of the molecule is C=CCn1c(COc2cc(C)ccc2C)nnc1SCC(N)=O. The Hall–Kier alpha value is -2.28. The molecule has 122 valence electrons. The van der Waals surface area contributed by atoms with Crippen molar-refractivity contribution in [1.82, 2.24) is 14.8 Å². The Kier molecular flexibility index (Phi) is 5.81. The molecule has 0 aliphatic heterocycles. The maximum Gasteiger partial charge on any atom is 0.227 e. The smallest absolute Gasteiger partial charge is 0.227 e. The second-order valence-corrected chi connectivity index (χ2v) is 6.05. The molecular weight excluding hydrogens is 312 g/mol. The van der Waals surface area contributed by atoms with Crippen LogP contribution in [0.25, 0.3) is 0 Å². The van der Waals surface area contributed by atoms with Gasteiger partial charge in [-0.3, -0.25) is 9.36 Å². The van der Waals surface area contributed by atoms with Crippen molar-refractivity contribution < 1.29 is 9.53 Å². The Bertz CT molecular complexity index is 712. The number of allylic oxidation sites excluding steroid dienone is 1. The fraction of sp³-hybridized carbons (Fsp3) is 0.312. The molecule has 2 N–H and O–H groups in total. The molecule has 1 aromatic heterocycles. The first-order valence-corrected chi connectivity index (χ1v) is 8.14. The highest BCUT2D eigenvalue weighted by molar-refractivity contribution is 7.99. The van der Waals surface area contributed by atoms with Crippen molar-refractivity contribution in [1.29, 1.82) is 0 Å². The summed E-state index contributed by atoms with van der Waals surface area (Å²) in [5.74, 6) is 1.27. The summed E-state index contributed by atoms with van der Waals surface area (Å²) < 4.78 is 7.74. The van der Waals surface area contributed by atoms with Gasteiger partial charge in [0.1, 0.15) is 12.4 Å². The molecule has 2 aromatic rings. The van der Waals surface area contributed by atoms with E-state index in [1.807, 2.05) is 36.6 Å². The van der Waals surface area contributed by atoms with E-state index in [9.17, 15) is 4.79 Å². The molecule has 0 saturated heterocycles. The van der Waals surface area contributed by atoms with Crippen molar-refractivity contribution in [3.05, 3.63) is 47.8 Å². The van der Waals surface area contributed by atoms with Gasteiger partial charge in [0.15, 0.2) is 11.0 Å².